The predicted octanol–water partition coefficient (Wildman–Crippen LogP) is 2.06. The van der Waals surface area contributed by atoms with Crippen molar-refractivity contribution in [3.05, 3.63) is 0 Å². The molecule has 0 saturated heterocycles. The molecule has 0 aromatic carbocycles. The first-order chi connectivity index (χ1) is 17.9. The van der Waals surface area contributed by atoms with Gasteiger partial charge in [-0.3, -0.25) is 14.4 Å². The van der Waals surface area contributed by atoms with Crippen molar-refractivity contribution in [2.75, 3.05) is 79.7 Å². The Morgan fingerprint density at radius 2 is 1.30 bits per heavy atom. The molecule has 12 heteroatoms. The largest absolute Gasteiger partial charge is 0.465 e. The molecular formula is C25H45NO11. The summed E-state index contributed by atoms with van der Waals surface area (Å²) in [6, 6.07) is 0. The van der Waals surface area contributed by atoms with Gasteiger partial charge in [-0.25, -0.2) is 4.79 Å². The number of hydrogen-bond acceptors (Lipinski definition) is 11. The van der Waals surface area contributed by atoms with Crippen molar-refractivity contribution in [3.8, 4) is 0 Å². The van der Waals surface area contributed by atoms with Gasteiger partial charge in [-0.1, -0.05) is 13.8 Å². The van der Waals surface area contributed by atoms with Crippen LogP contribution in [0.25, 0.3) is 0 Å². The highest BCUT2D eigenvalue weighted by Gasteiger charge is 2.17. The molecule has 0 saturated carbocycles. The molecule has 0 unspecified atom stereocenters. The molecular weight excluding hydrogens is 490 g/mol. The Bertz CT molecular complexity index is 615. The number of alkyl carbamates (subject to hydrolysis) is 1. The number of methoxy groups -OCH3 is 1. The van der Waals surface area contributed by atoms with E-state index in [9.17, 15) is 19.2 Å². The Kier molecular flexibility index (Phi) is 23.8. The smallest absolute Gasteiger partial charge is 0.407 e. The molecule has 216 valence electrons. The zero-order valence-corrected chi connectivity index (χ0v) is 22.6. The van der Waals surface area contributed by atoms with Crippen LogP contribution in [0.5, 0.6) is 0 Å². The van der Waals surface area contributed by atoms with E-state index in [1.807, 2.05) is 0 Å². The van der Waals surface area contributed by atoms with Crippen LogP contribution in [0.4, 0.5) is 4.79 Å². The summed E-state index contributed by atoms with van der Waals surface area (Å²) in [6.45, 7) is 7.05. The van der Waals surface area contributed by atoms with E-state index in [0.29, 0.717) is 72.1 Å². The van der Waals surface area contributed by atoms with E-state index < -0.39 is 12.1 Å². The predicted molar refractivity (Wildman–Crippen MR) is 133 cm³/mol. The van der Waals surface area contributed by atoms with Crippen molar-refractivity contribution in [2.24, 2.45) is 5.92 Å². The van der Waals surface area contributed by atoms with Crippen LogP contribution in [0.1, 0.15) is 52.4 Å². The van der Waals surface area contributed by atoms with Crippen LogP contribution in [0, 0.1) is 5.92 Å². The number of ether oxygens (including phenoxy) is 7. The summed E-state index contributed by atoms with van der Waals surface area (Å²) in [6.07, 6.45) is 1.59. The molecule has 0 aliphatic carbocycles. The zero-order valence-electron chi connectivity index (χ0n) is 22.6. The van der Waals surface area contributed by atoms with E-state index in [0.717, 1.165) is 0 Å². The van der Waals surface area contributed by atoms with Gasteiger partial charge in [0.05, 0.1) is 52.9 Å². The van der Waals surface area contributed by atoms with Crippen molar-refractivity contribution in [3.63, 3.8) is 0 Å². The molecule has 0 heterocycles. The van der Waals surface area contributed by atoms with Crippen molar-refractivity contribution < 1.29 is 52.3 Å². The summed E-state index contributed by atoms with van der Waals surface area (Å²) >= 11 is 0. The second-order valence-electron chi connectivity index (χ2n) is 8.03. The third-order valence-electron chi connectivity index (χ3n) is 4.81. The molecule has 12 nitrogen and oxygen atoms in total. The van der Waals surface area contributed by atoms with Crippen LogP contribution in [0.3, 0.4) is 0 Å². The molecule has 0 radical (unpaired) electrons. The lowest BCUT2D eigenvalue weighted by atomic mass is 10.0. The van der Waals surface area contributed by atoms with E-state index in [-0.39, 0.29) is 56.8 Å². The molecule has 0 bridgehead atoms. The van der Waals surface area contributed by atoms with Gasteiger partial charge in [0.15, 0.2) is 0 Å². The van der Waals surface area contributed by atoms with Crippen molar-refractivity contribution in [1.82, 2.24) is 5.32 Å². The fourth-order valence-corrected chi connectivity index (χ4v) is 2.72. The van der Waals surface area contributed by atoms with Crippen LogP contribution in [0.15, 0.2) is 0 Å². The van der Waals surface area contributed by atoms with Gasteiger partial charge in [0.25, 0.3) is 0 Å². The third kappa shape index (κ3) is 23.8. The second kappa shape index (κ2) is 25.4. The van der Waals surface area contributed by atoms with Crippen LogP contribution in [-0.2, 0) is 47.5 Å². The lowest BCUT2D eigenvalue weighted by Gasteiger charge is -2.16. The molecule has 0 aromatic heterocycles. The molecule has 1 N–H and O–H groups in total. The van der Waals surface area contributed by atoms with Crippen molar-refractivity contribution >= 4 is 23.8 Å². The Morgan fingerprint density at radius 3 is 1.95 bits per heavy atom. The molecule has 0 spiro atoms. The summed E-state index contributed by atoms with van der Waals surface area (Å²) < 4.78 is 36.2. The molecule has 0 aliphatic rings. The molecule has 0 rings (SSSR count). The van der Waals surface area contributed by atoms with Gasteiger partial charge < -0.3 is 38.5 Å². The molecule has 0 aliphatic heterocycles. The summed E-state index contributed by atoms with van der Waals surface area (Å²) in [7, 11) is 1.60. The summed E-state index contributed by atoms with van der Waals surface area (Å²) in [5.74, 6) is -1.07. The standard InChI is InChI=1S/C25H45NO11/c1-4-22(27)18-21(19-36-23(28)5-2)20-37-24(29)8-6-10-32-16-17-34-13-9-26-25(30)35-12-7-11-33-15-14-31-3/h21H,4-20H2,1-3H3,(H,26,30)/t21-/m1/s1. The van der Waals surface area contributed by atoms with Gasteiger partial charge >= 0.3 is 18.0 Å². The number of hydrogen-bond donors (Lipinski definition) is 1. The minimum atomic E-state index is -0.506. The molecule has 1 atom stereocenters. The summed E-state index contributed by atoms with van der Waals surface area (Å²) in [4.78, 5) is 46.5. The van der Waals surface area contributed by atoms with Crippen LogP contribution in [0.2, 0.25) is 0 Å². The van der Waals surface area contributed by atoms with E-state index in [4.69, 9.17) is 33.2 Å². The fraction of sp³-hybridized carbons (Fsp3) is 0.840. The van der Waals surface area contributed by atoms with Gasteiger partial charge in [-0.15, -0.1) is 0 Å². The van der Waals surface area contributed by atoms with Crippen LogP contribution < -0.4 is 5.32 Å². The number of carbonyl (C=O) groups is 4. The van der Waals surface area contributed by atoms with Gasteiger partial charge in [0, 0.05) is 64.9 Å². The maximum Gasteiger partial charge on any atom is 0.407 e. The number of ketones is 1. The maximum atomic E-state index is 11.9. The van der Waals surface area contributed by atoms with Crippen molar-refractivity contribution in [2.45, 2.75) is 52.4 Å². The highest BCUT2D eigenvalue weighted by molar-refractivity contribution is 5.78. The highest BCUT2D eigenvalue weighted by Crippen LogP contribution is 2.09. The number of Topliss-reactive ketones (excluding diaryl/α,β-unsaturated/α-hetero) is 1. The number of carbonyl (C=O) groups excluding carboxylic acids is 4. The topological polar surface area (TPSA) is 145 Å². The summed E-state index contributed by atoms with van der Waals surface area (Å²) in [5.41, 5.74) is 0. The number of rotatable bonds is 25. The first-order valence-electron chi connectivity index (χ1n) is 12.9. The molecule has 1 amide bonds. The van der Waals surface area contributed by atoms with Crippen LogP contribution in [-0.4, -0.2) is 104 Å². The van der Waals surface area contributed by atoms with Crippen molar-refractivity contribution in [1.29, 1.82) is 0 Å². The average molecular weight is 536 g/mol. The zero-order chi connectivity index (χ0) is 27.6. The number of nitrogens with one attached hydrogen (secondary N) is 1. The monoisotopic (exact) mass is 535 g/mol. The molecule has 0 aromatic rings. The second-order valence-corrected chi connectivity index (χ2v) is 8.03. The minimum Gasteiger partial charge on any atom is -0.465 e. The van der Waals surface area contributed by atoms with Gasteiger partial charge in [0.2, 0.25) is 0 Å². The quantitative estimate of drug-likeness (QED) is 0.104. The highest BCUT2D eigenvalue weighted by atomic mass is 16.6. The van der Waals surface area contributed by atoms with E-state index in [1.165, 1.54) is 0 Å². The van der Waals surface area contributed by atoms with Gasteiger partial charge in [0.1, 0.15) is 5.78 Å². The molecule has 0 fully saturated rings. The Labute approximate surface area is 219 Å². The Hall–Kier alpha value is -2.28. The SMILES string of the molecule is CCC(=O)C[C@H](COC(=O)CC)COC(=O)CCCOCCOCCNC(=O)OCCCOCCOC. The van der Waals surface area contributed by atoms with Gasteiger partial charge in [-0.2, -0.15) is 0 Å². The van der Waals surface area contributed by atoms with Crippen LogP contribution >= 0.6 is 0 Å². The molecule has 37 heavy (non-hydrogen) atoms. The third-order valence-corrected chi connectivity index (χ3v) is 4.81. The fourth-order valence-electron chi connectivity index (χ4n) is 2.72. The first-order valence-corrected chi connectivity index (χ1v) is 12.9. The number of esters is 2. The summed E-state index contributed by atoms with van der Waals surface area (Å²) in [5, 5.41) is 2.58. The maximum absolute atomic E-state index is 11.9. The van der Waals surface area contributed by atoms with E-state index >= 15 is 0 Å². The average Bonchev–Trinajstić information content (AvgIpc) is 2.90. The van der Waals surface area contributed by atoms with Gasteiger partial charge in [-0.05, 0) is 6.42 Å². The Balaban J connectivity index is 3.65. The first kappa shape index (κ1) is 34.7. The normalized spacial score (nSPS) is 11.5. The number of amides is 1. The Morgan fingerprint density at radius 1 is 0.676 bits per heavy atom. The minimum absolute atomic E-state index is 0.0236. The lowest BCUT2D eigenvalue weighted by Crippen LogP contribution is -2.28. The van der Waals surface area contributed by atoms with E-state index in [1.54, 1.807) is 21.0 Å². The van der Waals surface area contributed by atoms with E-state index in [2.05, 4.69) is 5.32 Å². The lowest BCUT2D eigenvalue weighted by molar-refractivity contribution is -0.150.